The van der Waals surface area contributed by atoms with Crippen molar-refractivity contribution >= 4 is 23.1 Å². The van der Waals surface area contributed by atoms with Crippen molar-refractivity contribution in [3.8, 4) is 11.3 Å². The minimum atomic E-state index is -0.613. The van der Waals surface area contributed by atoms with Crippen molar-refractivity contribution < 1.29 is 8.78 Å². The third-order valence-electron chi connectivity index (χ3n) is 6.65. The Labute approximate surface area is 203 Å². The molecular weight excluding hydrogens is 458 g/mol. The molecule has 2 aliphatic heterocycles. The molecule has 0 saturated carbocycles. The summed E-state index contributed by atoms with van der Waals surface area (Å²) < 4.78 is 28.7. The van der Waals surface area contributed by atoms with Crippen LogP contribution in [0, 0.1) is 18.6 Å². The number of piperazine rings is 1. The van der Waals surface area contributed by atoms with Crippen molar-refractivity contribution in [1.82, 2.24) is 20.3 Å². The van der Waals surface area contributed by atoms with Gasteiger partial charge >= 0.3 is 0 Å². The summed E-state index contributed by atoms with van der Waals surface area (Å²) in [4.78, 5) is 18.1. The van der Waals surface area contributed by atoms with Crippen LogP contribution in [0.15, 0.2) is 30.7 Å². The molecule has 3 aromatic rings. The van der Waals surface area contributed by atoms with Crippen LogP contribution in [-0.2, 0) is 13.0 Å². The van der Waals surface area contributed by atoms with Crippen LogP contribution in [0.5, 0.6) is 0 Å². The zero-order valence-corrected chi connectivity index (χ0v) is 19.9. The van der Waals surface area contributed by atoms with Gasteiger partial charge in [-0.2, -0.15) is 0 Å². The van der Waals surface area contributed by atoms with Crippen molar-refractivity contribution in [3.63, 3.8) is 0 Å². The number of halogens is 3. The summed E-state index contributed by atoms with van der Waals surface area (Å²) in [6.07, 6.45) is 6.21. The Bertz CT molecular complexity index is 1200. The lowest BCUT2D eigenvalue weighted by atomic mass is 10.0. The van der Waals surface area contributed by atoms with E-state index in [1.807, 2.05) is 19.2 Å². The molecular formula is C25H27ClF2N6. The third-order valence-corrected chi connectivity index (χ3v) is 7.06. The number of anilines is 2. The molecule has 0 spiro atoms. The van der Waals surface area contributed by atoms with E-state index < -0.39 is 11.6 Å². The van der Waals surface area contributed by atoms with Gasteiger partial charge in [0, 0.05) is 62.7 Å². The van der Waals surface area contributed by atoms with Gasteiger partial charge in [0.05, 0.1) is 22.1 Å². The lowest BCUT2D eigenvalue weighted by Crippen LogP contribution is -2.43. The van der Waals surface area contributed by atoms with E-state index in [9.17, 15) is 8.78 Å². The number of aryl methyl sites for hydroxylation is 1. The van der Waals surface area contributed by atoms with Crippen LogP contribution in [0.4, 0.5) is 20.3 Å². The molecule has 0 unspecified atom stereocenters. The molecule has 4 heterocycles. The predicted octanol–water partition coefficient (Wildman–Crippen LogP) is 4.53. The van der Waals surface area contributed by atoms with Crippen LogP contribution in [0.2, 0.25) is 5.02 Å². The minimum Gasteiger partial charge on any atom is -0.365 e. The van der Waals surface area contributed by atoms with Gasteiger partial charge in [0.1, 0.15) is 23.8 Å². The van der Waals surface area contributed by atoms with E-state index in [2.05, 4.69) is 25.1 Å². The van der Waals surface area contributed by atoms with E-state index in [1.165, 1.54) is 0 Å². The smallest absolute Gasteiger partial charge is 0.142 e. The minimum absolute atomic E-state index is 0.163. The molecule has 2 aliphatic rings. The van der Waals surface area contributed by atoms with Crippen LogP contribution in [0.1, 0.15) is 29.7 Å². The first-order valence-electron chi connectivity index (χ1n) is 11.7. The highest BCUT2D eigenvalue weighted by Crippen LogP contribution is 2.37. The second-order valence-corrected chi connectivity index (χ2v) is 9.17. The highest BCUT2D eigenvalue weighted by molar-refractivity contribution is 6.31. The number of fused-ring (bicyclic) bond motifs is 1. The first-order valence-corrected chi connectivity index (χ1v) is 12.0. The van der Waals surface area contributed by atoms with Crippen LogP contribution in [0.25, 0.3) is 11.3 Å². The van der Waals surface area contributed by atoms with E-state index in [0.29, 0.717) is 6.54 Å². The SMILES string of the molecule is Cc1c(-c2cc(N3CCNCC3)ncn2)cnc2c1N(Cc1c(F)ccc(F)c1Cl)CCCC2. The van der Waals surface area contributed by atoms with Crippen LogP contribution < -0.4 is 15.1 Å². The van der Waals surface area contributed by atoms with Gasteiger partial charge in [-0.05, 0) is 43.9 Å². The summed E-state index contributed by atoms with van der Waals surface area (Å²) in [7, 11) is 0. The molecule has 5 rings (SSSR count). The molecule has 0 atom stereocenters. The van der Waals surface area contributed by atoms with E-state index >= 15 is 0 Å². The number of hydrogen-bond donors (Lipinski definition) is 1. The highest BCUT2D eigenvalue weighted by atomic mass is 35.5. The van der Waals surface area contributed by atoms with Gasteiger partial charge < -0.3 is 15.1 Å². The van der Waals surface area contributed by atoms with Gasteiger partial charge in [-0.15, -0.1) is 0 Å². The molecule has 0 radical (unpaired) electrons. The molecule has 178 valence electrons. The summed E-state index contributed by atoms with van der Waals surface area (Å²) >= 11 is 6.16. The molecule has 6 nitrogen and oxygen atoms in total. The van der Waals surface area contributed by atoms with Gasteiger partial charge in [-0.3, -0.25) is 4.98 Å². The number of nitrogens with one attached hydrogen (secondary N) is 1. The van der Waals surface area contributed by atoms with Gasteiger partial charge in [0.2, 0.25) is 0 Å². The molecule has 34 heavy (non-hydrogen) atoms. The maximum absolute atomic E-state index is 14.6. The molecule has 9 heteroatoms. The predicted molar refractivity (Wildman–Crippen MR) is 130 cm³/mol. The molecule has 0 bridgehead atoms. The maximum Gasteiger partial charge on any atom is 0.142 e. The fourth-order valence-electron chi connectivity index (χ4n) is 4.84. The third kappa shape index (κ3) is 4.44. The zero-order chi connectivity index (χ0) is 23.7. The van der Waals surface area contributed by atoms with Crippen LogP contribution >= 0.6 is 11.6 Å². The summed E-state index contributed by atoms with van der Waals surface area (Å²) in [5, 5.41) is 3.19. The number of nitrogens with zero attached hydrogens (tertiary/aromatic N) is 5. The number of benzene rings is 1. The fraction of sp³-hybridized carbons (Fsp3) is 0.400. The van der Waals surface area contributed by atoms with Crippen LogP contribution in [0.3, 0.4) is 0 Å². The van der Waals surface area contributed by atoms with Gasteiger partial charge in [0.25, 0.3) is 0 Å². The largest absolute Gasteiger partial charge is 0.365 e. The second kappa shape index (κ2) is 9.80. The lowest BCUT2D eigenvalue weighted by molar-refractivity contribution is 0.580. The van der Waals surface area contributed by atoms with Crippen molar-refractivity contribution in [1.29, 1.82) is 0 Å². The molecule has 1 aromatic carbocycles. The standard InChI is InChI=1S/C25H27ClF2N6/c1-16-17(22-12-23(32-15-31-22)33-10-7-29-8-11-33)13-30-21-4-2-3-9-34(25(16)21)14-18-19(27)5-6-20(28)24(18)26/h5-6,12-13,15,29H,2-4,7-11,14H2,1H3. The Hall–Kier alpha value is -2.84. The van der Waals surface area contributed by atoms with Crippen molar-refractivity contribution in [2.24, 2.45) is 0 Å². The maximum atomic E-state index is 14.6. The van der Waals surface area contributed by atoms with E-state index in [-0.39, 0.29) is 17.1 Å². The molecule has 2 aromatic heterocycles. The first kappa shape index (κ1) is 22.9. The lowest BCUT2D eigenvalue weighted by Gasteiger charge is -2.29. The summed E-state index contributed by atoms with van der Waals surface area (Å²) in [6.45, 7) is 6.57. The number of hydrogen-bond acceptors (Lipinski definition) is 6. The Morgan fingerprint density at radius 1 is 1.03 bits per heavy atom. The molecule has 0 aliphatic carbocycles. The van der Waals surface area contributed by atoms with Gasteiger partial charge in [-0.1, -0.05) is 11.6 Å². The van der Waals surface area contributed by atoms with Crippen molar-refractivity contribution in [3.05, 3.63) is 64.2 Å². The second-order valence-electron chi connectivity index (χ2n) is 8.79. The molecule has 0 amide bonds. The summed E-state index contributed by atoms with van der Waals surface area (Å²) in [6, 6.07) is 4.20. The number of aromatic nitrogens is 3. The topological polar surface area (TPSA) is 57.2 Å². The molecule has 1 saturated heterocycles. The van der Waals surface area contributed by atoms with E-state index in [4.69, 9.17) is 16.6 Å². The number of pyridine rings is 1. The highest BCUT2D eigenvalue weighted by Gasteiger charge is 2.24. The van der Waals surface area contributed by atoms with Crippen LogP contribution in [-0.4, -0.2) is 47.7 Å². The Morgan fingerprint density at radius 2 is 1.82 bits per heavy atom. The molecule has 1 fully saturated rings. The zero-order valence-electron chi connectivity index (χ0n) is 19.1. The number of rotatable bonds is 4. The van der Waals surface area contributed by atoms with E-state index in [1.54, 1.807) is 6.33 Å². The van der Waals surface area contributed by atoms with Crippen molar-refractivity contribution in [2.75, 3.05) is 42.5 Å². The average molecular weight is 485 g/mol. The Balaban J connectivity index is 1.54. The summed E-state index contributed by atoms with van der Waals surface area (Å²) in [5.41, 5.74) is 4.82. The molecule has 1 N–H and O–H groups in total. The fourth-order valence-corrected chi connectivity index (χ4v) is 5.05. The van der Waals surface area contributed by atoms with E-state index in [0.717, 1.165) is 91.6 Å². The van der Waals surface area contributed by atoms with Crippen molar-refractivity contribution in [2.45, 2.75) is 32.7 Å². The summed E-state index contributed by atoms with van der Waals surface area (Å²) in [5.74, 6) is -0.222. The van der Waals surface area contributed by atoms with Gasteiger partial charge in [-0.25, -0.2) is 18.7 Å². The quantitative estimate of drug-likeness (QED) is 0.549. The van der Waals surface area contributed by atoms with Gasteiger partial charge in [0.15, 0.2) is 0 Å². The average Bonchev–Trinajstić information content (AvgIpc) is 3.08. The monoisotopic (exact) mass is 484 g/mol. The normalized spacial score (nSPS) is 16.4. The first-order chi connectivity index (χ1) is 16.5. The Morgan fingerprint density at radius 3 is 2.65 bits per heavy atom. The Kier molecular flexibility index (Phi) is 6.61.